The molecule has 0 spiro atoms. The molecule has 0 saturated heterocycles. The molecule has 0 aliphatic rings. The number of rotatable bonds is 6. The summed E-state index contributed by atoms with van der Waals surface area (Å²) in [4.78, 5) is 0. The Morgan fingerprint density at radius 1 is 1.32 bits per heavy atom. The van der Waals surface area contributed by atoms with E-state index < -0.39 is 0 Å². The van der Waals surface area contributed by atoms with Gasteiger partial charge in [-0.15, -0.1) is 0 Å². The molecule has 0 saturated carbocycles. The first-order valence-electron chi connectivity index (χ1n) is 6.56. The quantitative estimate of drug-likeness (QED) is 0.722. The van der Waals surface area contributed by atoms with Gasteiger partial charge in [-0.3, -0.25) is 0 Å². The van der Waals surface area contributed by atoms with Gasteiger partial charge in [-0.25, -0.2) is 0 Å². The highest BCUT2D eigenvalue weighted by Crippen LogP contribution is 2.14. The molecule has 0 radical (unpaired) electrons. The van der Waals surface area contributed by atoms with Crippen molar-refractivity contribution in [2.75, 3.05) is 6.54 Å². The van der Waals surface area contributed by atoms with E-state index in [1.54, 1.807) is 5.54 Å². The summed E-state index contributed by atoms with van der Waals surface area (Å²) in [7, 11) is 0. The fourth-order valence-corrected chi connectivity index (χ4v) is 1.88. The van der Waals surface area contributed by atoms with Crippen LogP contribution in [0.2, 0.25) is 0 Å². The summed E-state index contributed by atoms with van der Waals surface area (Å²) in [5.74, 6) is 0. The summed E-state index contributed by atoms with van der Waals surface area (Å²) in [6.07, 6.45) is 6.15. The zero-order chi connectivity index (χ0) is 14.1. The molecule has 19 heavy (non-hydrogen) atoms. The molecule has 0 aliphatic carbocycles. The maximum Gasteiger partial charge on any atom is 0.0294 e. The smallest absolute Gasteiger partial charge is 0.0294 e. The minimum Gasteiger partial charge on any atom is -0.306 e. The second-order valence-corrected chi connectivity index (χ2v) is 4.74. The van der Waals surface area contributed by atoms with Crippen molar-refractivity contribution < 1.29 is 0 Å². The molecule has 0 aromatic heterocycles. The Morgan fingerprint density at radius 2 is 2.00 bits per heavy atom. The van der Waals surface area contributed by atoms with Gasteiger partial charge < -0.3 is 5.32 Å². The number of allylic oxidation sites excluding steroid dienone is 3. The Bertz CT molecular complexity index is 457. The molecule has 1 aromatic rings. The van der Waals surface area contributed by atoms with Crippen molar-refractivity contribution in [1.82, 2.24) is 5.32 Å². The molecule has 1 nitrogen and oxygen atoms in total. The van der Waals surface area contributed by atoms with Crippen molar-refractivity contribution in [2.24, 2.45) is 0 Å². The van der Waals surface area contributed by atoms with Gasteiger partial charge in [-0.05, 0) is 37.5 Å². The van der Waals surface area contributed by atoms with Gasteiger partial charge in [-0.2, -0.15) is 0 Å². The Labute approximate surface area is 121 Å². The van der Waals surface area contributed by atoms with Crippen molar-refractivity contribution in [3.63, 3.8) is 0 Å². The third kappa shape index (κ3) is 5.46. The summed E-state index contributed by atoms with van der Waals surface area (Å²) < 4.78 is 0. The summed E-state index contributed by atoms with van der Waals surface area (Å²) in [6, 6.07) is 10.8. The second kappa shape index (κ2) is 8.73. The predicted molar refractivity (Wildman–Crippen MR) is 85.4 cm³/mol. The van der Waals surface area contributed by atoms with Gasteiger partial charge in [0.1, 0.15) is 0 Å². The van der Waals surface area contributed by atoms with Crippen LogP contribution in [0.1, 0.15) is 32.4 Å². The van der Waals surface area contributed by atoms with E-state index in [9.17, 15) is 0 Å². The first-order chi connectivity index (χ1) is 9.19. The first kappa shape index (κ1) is 15.7. The lowest BCUT2D eigenvalue weighted by molar-refractivity contribution is 0.608. The molecule has 0 heterocycles. The van der Waals surface area contributed by atoms with Crippen LogP contribution in [0.5, 0.6) is 0 Å². The normalized spacial score (nSPS) is 14.9. The van der Waals surface area contributed by atoms with Crippen LogP contribution < -0.4 is 5.32 Å². The molecule has 0 aliphatic heterocycles. The number of hydrogen-bond acceptors (Lipinski definition) is 1. The zero-order valence-corrected chi connectivity index (χ0v) is 12.6. The topological polar surface area (TPSA) is 12.0 Å². The van der Waals surface area contributed by atoms with E-state index in [0.29, 0.717) is 6.04 Å². The third-order valence-corrected chi connectivity index (χ3v) is 3.39. The number of hydrogen-bond donors (Lipinski definition) is 1. The summed E-state index contributed by atoms with van der Waals surface area (Å²) >= 11 is 5.80. The van der Waals surface area contributed by atoms with Crippen LogP contribution >= 0.6 is 11.6 Å². The van der Waals surface area contributed by atoms with Crippen molar-refractivity contribution >= 4 is 11.6 Å². The number of nitrogens with one attached hydrogen (secondary N) is 1. The first-order valence-corrected chi connectivity index (χ1v) is 7.00. The molecule has 102 valence electrons. The molecule has 1 N–H and O–H groups in total. The predicted octanol–water partition coefficient (Wildman–Crippen LogP) is 4.98. The van der Waals surface area contributed by atoms with Gasteiger partial charge in [0.25, 0.3) is 0 Å². The van der Waals surface area contributed by atoms with Gasteiger partial charge in [-0.1, -0.05) is 60.2 Å². The average molecular weight is 276 g/mol. The average Bonchev–Trinajstić information content (AvgIpc) is 2.47. The van der Waals surface area contributed by atoms with Gasteiger partial charge in [0, 0.05) is 18.1 Å². The SMILES string of the molecule is C\C=C/C=C(CNC(C)c1ccccc1)\C(C)=C\Cl. The highest BCUT2D eigenvalue weighted by atomic mass is 35.5. The highest BCUT2D eigenvalue weighted by Gasteiger charge is 2.05. The lowest BCUT2D eigenvalue weighted by atomic mass is 10.1. The lowest BCUT2D eigenvalue weighted by Gasteiger charge is -2.16. The van der Waals surface area contributed by atoms with E-state index >= 15 is 0 Å². The maximum absolute atomic E-state index is 5.80. The minimum absolute atomic E-state index is 0.318. The molecular formula is C17H22ClN. The van der Waals surface area contributed by atoms with Crippen LogP contribution in [0.15, 0.2) is 65.2 Å². The van der Waals surface area contributed by atoms with E-state index in [2.05, 4.69) is 42.6 Å². The second-order valence-electron chi connectivity index (χ2n) is 4.52. The molecule has 2 heteroatoms. The Morgan fingerprint density at radius 3 is 2.58 bits per heavy atom. The Hall–Kier alpha value is -1.31. The molecule has 0 bridgehead atoms. The third-order valence-electron chi connectivity index (χ3n) is 3.06. The molecule has 1 rings (SSSR count). The summed E-state index contributed by atoms with van der Waals surface area (Å²) in [6.45, 7) is 7.00. The van der Waals surface area contributed by atoms with Crippen LogP contribution in [-0.4, -0.2) is 6.54 Å². The van der Waals surface area contributed by atoms with E-state index in [4.69, 9.17) is 11.6 Å². The largest absolute Gasteiger partial charge is 0.306 e. The molecule has 0 amide bonds. The van der Waals surface area contributed by atoms with Gasteiger partial charge in [0.2, 0.25) is 0 Å². The van der Waals surface area contributed by atoms with E-state index in [-0.39, 0.29) is 0 Å². The Kier molecular flexibility index (Phi) is 7.24. The fourth-order valence-electron chi connectivity index (χ4n) is 1.73. The van der Waals surface area contributed by atoms with Crippen molar-refractivity contribution in [1.29, 1.82) is 0 Å². The maximum atomic E-state index is 5.80. The van der Waals surface area contributed by atoms with Gasteiger partial charge >= 0.3 is 0 Å². The van der Waals surface area contributed by atoms with Gasteiger partial charge in [0.15, 0.2) is 0 Å². The molecule has 1 unspecified atom stereocenters. The monoisotopic (exact) mass is 275 g/mol. The van der Waals surface area contributed by atoms with E-state index in [1.165, 1.54) is 11.1 Å². The summed E-state index contributed by atoms with van der Waals surface area (Å²) in [5, 5.41) is 3.52. The molecule has 1 aromatic carbocycles. The van der Waals surface area contributed by atoms with E-state index in [1.807, 2.05) is 32.1 Å². The van der Waals surface area contributed by atoms with E-state index in [0.717, 1.165) is 12.1 Å². The van der Waals surface area contributed by atoms with Crippen LogP contribution in [0.3, 0.4) is 0 Å². The Balaban J connectivity index is 2.67. The van der Waals surface area contributed by atoms with Crippen LogP contribution in [0, 0.1) is 0 Å². The van der Waals surface area contributed by atoms with Crippen molar-refractivity contribution in [3.05, 3.63) is 70.8 Å². The molecule has 0 fully saturated rings. The van der Waals surface area contributed by atoms with Gasteiger partial charge in [0.05, 0.1) is 0 Å². The lowest BCUT2D eigenvalue weighted by Crippen LogP contribution is -2.21. The number of halogens is 1. The standard InChI is InChI=1S/C17H22ClN/c1-4-5-9-17(14(2)12-18)13-19-15(3)16-10-7-6-8-11-16/h4-12,15,19H,13H2,1-3H3/b5-4-,14-12+,17-9-. The highest BCUT2D eigenvalue weighted by molar-refractivity contribution is 6.25. The van der Waals surface area contributed by atoms with Crippen LogP contribution in [0.25, 0.3) is 0 Å². The summed E-state index contributed by atoms with van der Waals surface area (Å²) in [5.41, 5.74) is 5.22. The minimum atomic E-state index is 0.318. The molecule has 1 atom stereocenters. The van der Waals surface area contributed by atoms with Crippen molar-refractivity contribution in [2.45, 2.75) is 26.8 Å². The zero-order valence-electron chi connectivity index (χ0n) is 11.9. The van der Waals surface area contributed by atoms with Crippen molar-refractivity contribution in [3.8, 4) is 0 Å². The number of benzene rings is 1. The fraction of sp³-hybridized carbons (Fsp3) is 0.294. The molecular weight excluding hydrogens is 254 g/mol. The van der Waals surface area contributed by atoms with Crippen LogP contribution in [0.4, 0.5) is 0 Å². The van der Waals surface area contributed by atoms with Crippen LogP contribution in [-0.2, 0) is 0 Å².